The van der Waals surface area contributed by atoms with Gasteiger partial charge in [-0.25, -0.2) is 4.39 Å². The predicted octanol–water partition coefficient (Wildman–Crippen LogP) is 3.09. The lowest BCUT2D eigenvalue weighted by atomic mass is 9.90. The summed E-state index contributed by atoms with van der Waals surface area (Å²) >= 11 is 0. The first-order valence-corrected chi connectivity index (χ1v) is 9.41. The Bertz CT molecular complexity index is 871. The number of nitrogens with one attached hydrogen (secondary N) is 2. The van der Waals surface area contributed by atoms with Crippen molar-refractivity contribution in [2.45, 2.75) is 37.9 Å². The number of rotatable bonds is 3. The van der Waals surface area contributed by atoms with Crippen LogP contribution in [0.2, 0.25) is 0 Å². The Labute approximate surface area is 157 Å². The zero-order chi connectivity index (χ0) is 18.5. The molecule has 5 rings (SSSR count). The van der Waals surface area contributed by atoms with Gasteiger partial charge in [-0.2, -0.15) is 0 Å². The van der Waals surface area contributed by atoms with Crippen molar-refractivity contribution in [3.8, 4) is 0 Å². The second-order valence-corrected chi connectivity index (χ2v) is 7.65. The monoisotopic (exact) mass is 367 g/mol. The van der Waals surface area contributed by atoms with Crippen LogP contribution in [0.15, 0.2) is 36.4 Å². The molecule has 3 heterocycles. The van der Waals surface area contributed by atoms with E-state index in [1.54, 1.807) is 6.07 Å². The minimum atomic E-state index is -0.462. The van der Waals surface area contributed by atoms with Gasteiger partial charge in [0.2, 0.25) is 5.91 Å². The third-order valence-corrected chi connectivity index (χ3v) is 5.87. The molecule has 2 saturated heterocycles. The van der Waals surface area contributed by atoms with Gasteiger partial charge in [-0.05, 0) is 43.2 Å². The molecule has 2 N–H and O–H groups in total. The van der Waals surface area contributed by atoms with Gasteiger partial charge in [-0.3, -0.25) is 4.79 Å². The third kappa shape index (κ3) is 2.75. The summed E-state index contributed by atoms with van der Waals surface area (Å²) < 4.78 is 19.6. The van der Waals surface area contributed by atoms with Crippen molar-refractivity contribution in [2.24, 2.45) is 0 Å². The van der Waals surface area contributed by atoms with Crippen LogP contribution in [0.4, 0.5) is 21.5 Å². The Balaban J connectivity index is 1.30. The number of hydrogen-bond donors (Lipinski definition) is 2. The highest BCUT2D eigenvalue weighted by Crippen LogP contribution is 2.37. The minimum absolute atomic E-state index is 0.144. The Hall–Kier alpha value is -2.60. The SMILES string of the molecule is Cc1ccc(F)c2c1NC(C(=O)Nc1cccc(N3C4COCC3C4)c1)C2. The van der Waals surface area contributed by atoms with Gasteiger partial charge in [0.15, 0.2) is 0 Å². The molecular formula is C21H22FN3O2. The lowest BCUT2D eigenvalue weighted by molar-refractivity contribution is -0.116. The van der Waals surface area contributed by atoms with E-state index in [4.69, 9.17) is 4.74 Å². The number of aryl methyl sites for hydroxylation is 1. The van der Waals surface area contributed by atoms with Crippen LogP contribution in [0.25, 0.3) is 0 Å². The first-order valence-electron chi connectivity index (χ1n) is 9.41. The zero-order valence-electron chi connectivity index (χ0n) is 15.2. The highest BCUT2D eigenvalue weighted by molar-refractivity contribution is 5.98. The summed E-state index contributed by atoms with van der Waals surface area (Å²) in [6, 6.07) is 11.5. The second-order valence-electron chi connectivity index (χ2n) is 7.65. The Kier molecular flexibility index (Phi) is 3.82. The molecule has 0 saturated carbocycles. The number of fused-ring (bicyclic) bond motifs is 3. The fraction of sp³-hybridized carbons (Fsp3) is 0.381. The highest BCUT2D eigenvalue weighted by Gasteiger charge is 2.42. The van der Waals surface area contributed by atoms with Gasteiger partial charge < -0.3 is 20.3 Å². The lowest BCUT2D eigenvalue weighted by Gasteiger charge is -2.53. The fourth-order valence-electron chi connectivity index (χ4n) is 4.46. The van der Waals surface area contributed by atoms with Crippen LogP contribution in [0, 0.1) is 12.7 Å². The summed E-state index contributed by atoms with van der Waals surface area (Å²) in [4.78, 5) is 15.1. The third-order valence-electron chi connectivity index (χ3n) is 5.87. The molecule has 3 aliphatic rings. The predicted molar refractivity (Wildman–Crippen MR) is 103 cm³/mol. The molecule has 3 atom stereocenters. The molecule has 0 radical (unpaired) electrons. The number of halogens is 1. The molecule has 2 aromatic rings. The average molecular weight is 367 g/mol. The summed E-state index contributed by atoms with van der Waals surface area (Å²) in [5.74, 6) is -0.402. The number of carbonyl (C=O) groups excluding carboxylic acids is 1. The molecule has 0 aliphatic carbocycles. The number of benzene rings is 2. The smallest absolute Gasteiger partial charge is 0.247 e. The van der Waals surface area contributed by atoms with E-state index in [1.165, 1.54) is 12.5 Å². The van der Waals surface area contributed by atoms with Crippen molar-refractivity contribution in [3.05, 3.63) is 53.3 Å². The number of nitrogens with zero attached hydrogens (tertiary/aromatic N) is 1. The molecule has 5 nitrogen and oxygen atoms in total. The van der Waals surface area contributed by atoms with Crippen molar-refractivity contribution < 1.29 is 13.9 Å². The summed E-state index contributed by atoms with van der Waals surface area (Å²) in [5.41, 5.74) is 4.17. The molecule has 140 valence electrons. The van der Waals surface area contributed by atoms with Crippen LogP contribution in [0.1, 0.15) is 17.5 Å². The lowest BCUT2D eigenvalue weighted by Crippen LogP contribution is -2.64. The van der Waals surface area contributed by atoms with Gasteiger partial charge in [0.1, 0.15) is 11.9 Å². The van der Waals surface area contributed by atoms with Crippen molar-refractivity contribution >= 4 is 23.0 Å². The number of anilines is 3. The van der Waals surface area contributed by atoms with Crippen LogP contribution in [-0.4, -0.2) is 37.2 Å². The largest absolute Gasteiger partial charge is 0.377 e. The van der Waals surface area contributed by atoms with Crippen LogP contribution in [0.3, 0.4) is 0 Å². The van der Waals surface area contributed by atoms with E-state index < -0.39 is 6.04 Å². The van der Waals surface area contributed by atoms with Gasteiger partial charge >= 0.3 is 0 Å². The van der Waals surface area contributed by atoms with E-state index in [0.717, 1.165) is 35.8 Å². The molecule has 2 aromatic carbocycles. The van der Waals surface area contributed by atoms with E-state index in [9.17, 15) is 9.18 Å². The first kappa shape index (κ1) is 16.6. The number of morpholine rings is 1. The molecule has 0 spiro atoms. The summed E-state index contributed by atoms with van der Waals surface area (Å²) in [5, 5.41) is 6.16. The Morgan fingerprint density at radius 2 is 2.07 bits per heavy atom. The van der Waals surface area contributed by atoms with Gasteiger partial charge in [-0.1, -0.05) is 12.1 Å². The van der Waals surface area contributed by atoms with Crippen molar-refractivity contribution in [2.75, 3.05) is 28.7 Å². The highest BCUT2D eigenvalue weighted by atomic mass is 19.1. The van der Waals surface area contributed by atoms with Crippen molar-refractivity contribution in [1.82, 2.24) is 0 Å². The molecule has 2 fully saturated rings. The standard InChI is InChI=1S/C21H22FN3O2/c1-12-5-6-18(22)17-9-19(24-20(12)17)21(26)23-13-3-2-4-14(7-13)25-15-8-16(25)11-27-10-15/h2-7,15-16,19,24H,8-11H2,1H3,(H,23,26). The van der Waals surface area contributed by atoms with Crippen LogP contribution < -0.4 is 15.5 Å². The summed E-state index contributed by atoms with van der Waals surface area (Å²) in [6.07, 6.45) is 1.54. The molecule has 3 unspecified atom stereocenters. The van der Waals surface area contributed by atoms with Crippen LogP contribution in [0.5, 0.6) is 0 Å². The van der Waals surface area contributed by atoms with E-state index >= 15 is 0 Å². The van der Waals surface area contributed by atoms with Gasteiger partial charge in [-0.15, -0.1) is 0 Å². The van der Waals surface area contributed by atoms with E-state index in [1.807, 2.05) is 25.1 Å². The van der Waals surface area contributed by atoms with Crippen LogP contribution >= 0.6 is 0 Å². The minimum Gasteiger partial charge on any atom is -0.377 e. The van der Waals surface area contributed by atoms with Gasteiger partial charge in [0.05, 0.1) is 25.3 Å². The number of hydrogen-bond acceptors (Lipinski definition) is 4. The summed E-state index contributed by atoms with van der Waals surface area (Å²) in [6.45, 7) is 3.45. The molecule has 0 aromatic heterocycles. The van der Waals surface area contributed by atoms with Crippen molar-refractivity contribution in [1.29, 1.82) is 0 Å². The second kappa shape index (κ2) is 6.23. The number of carbonyl (C=O) groups is 1. The number of amides is 1. The first-order chi connectivity index (χ1) is 13.1. The summed E-state index contributed by atoms with van der Waals surface area (Å²) in [7, 11) is 0. The molecule has 2 bridgehead atoms. The zero-order valence-corrected chi connectivity index (χ0v) is 15.2. The van der Waals surface area contributed by atoms with E-state index in [0.29, 0.717) is 24.1 Å². The van der Waals surface area contributed by atoms with Crippen LogP contribution in [-0.2, 0) is 16.0 Å². The average Bonchev–Trinajstić information content (AvgIpc) is 3.13. The van der Waals surface area contributed by atoms with E-state index in [2.05, 4.69) is 21.6 Å². The molecule has 1 amide bonds. The Morgan fingerprint density at radius 3 is 2.81 bits per heavy atom. The maximum Gasteiger partial charge on any atom is 0.247 e. The maximum absolute atomic E-state index is 14.0. The van der Waals surface area contributed by atoms with E-state index in [-0.39, 0.29) is 11.7 Å². The fourth-order valence-corrected chi connectivity index (χ4v) is 4.46. The molecule has 3 aliphatic heterocycles. The number of ether oxygens (including phenoxy) is 1. The normalized spacial score (nSPS) is 25.4. The quantitative estimate of drug-likeness (QED) is 0.875. The Morgan fingerprint density at radius 1 is 1.26 bits per heavy atom. The molecule has 6 heteroatoms. The molecular weight excluding hydrogens is 345 g/mol. The van der Waals surface area contributed by atoms with Gasteiger partial charge in [0.25, 0.3) is 0 Å². The van der Waals surface area contributed by atoms with Crippen molar-refractivity contribution in [3.63, 3.8) is 0 Å². The maximum atomic E-state index is 14.0. The van der Waals surface area contributed by atoms with Gasteiger partial charge in [0, 0.05) is 29.0 Å². The topological polar surface area (TPSA) is 53.6 Å². The molecule has 27 heavy (non-hydrogen) atoms.